The molecule has 0 aliphatic heterocycles. The first-order chi connectivity index (χ1) is 9.96. The zero-order chi connectivity index (χ0) is 15.6. The smallest absolute Gasteiger partial charge is 0.147 e. The highest BCUT2D eigenvalue weighted by Gasteiger charge is 2.11. The molecule has 0 aliphatic carbocycles. The lowest BCUT2D eigenvalue weighted by Gasteiger charge is -2.12. The molecule has 21 heavy (non-hydrogen) atoms. The maximum atomic E-state index is 9.06. The fourth-order valence-electron chi connectivity index (χ4n) is 2.00. The highest BCUT2D eigenvalue weighted by Crippen LogP contribution is 2.33. The van der Waals surface area contributed by atoms with Crippen LogP contribution >= 0.6 is 11.6 Å². The van der Waals surface area contributed by atoms with Crippen LogP contribution in [-0.2, 0) is 0 Å². The van der Waals surface area contributed by atoms with E-state index in [2.05, 4.69) is 6.92 Å². The SMILES string of the molecule is Cc1cc(Oc2cc(C#N)c(C#N)cc2Cl)cc(C)c1C. The summed E-state index contributed by atoms with van der Waals surface area (Å²) in [6.45, 7) is 6.07. The Hall–Kier alpha value is -2.49. The fraction of sp³-hybridized carbons (Fsp3) is 0.176. The quantitative estimate of drug-likeness (QED) is 0.799. The number of nitriles is 2. The number of nitrogens with zero attached hydrogens (tertiary/aromatic N) is 2. The van der Waals surface area contributed by atoms with E-state index in [0.717, 1.165) is 11.1 Å². The van der Waals surface area contributed by atoms with Gasteiger partial charge in [0.15, 0.2) is 0 Å². The van der Waals surface area contributed by atoms with Crippen LogP contribution < -0.4 is 4.74 Å². The first-order valence-electron chi connectivity index (χ1n) is 6.35. The van der Waals surface area contributed by atoms with Crippen molar-refractivity contribution in [2.45, 2.75) is 20.8 Å². The number of halogens is 1. The molecule has 2 rings (SSSR count). The molecular formula is C17H13ClN2O. The van der Waals surface area contributed by atoms with Crippen LogP contribution in [-0.4, -0.2) is 0 Å². The summed E-state index contributed by atoms with van der Waals surface area (Å²) in [4.78, 5) is 0. The zero-order valence-electron chi connectivity index (χ0n) is 12.0. The summed E-state index contributed by atoms with van der Waals surface area (Å²) in [5, 5.41) is 18.3. The number of hydrogen-bond acceptors (Lipinski definition) is 3. The molecule has 0 radical (unpaired) electrons. The van der Waals surface area contributed by atoms with Crippen LogP contribution in [0.4, 0.5) is 0 Å². The van der Waals surface area contributed by atoms with E-state index in [0.29, 0.717) is 16.5 Å². The molecule has 0 saturated carbocycles. The first-order valence-corrected chi connectivity index (χ1v) is 6.73. The monoisotopic (exact) mass is 296 g/mol. The van der Waals surface area contributed by atoms with Crippen molar-refractivity contribution >= 4 is 11.6 Å². The maximum Gasteiger partial charge on any atom is 0.147 e. The largest absolute Gasteiger partial charge is 0.456 e. The van der Waals surface area contributed by atoms with Gasteiger partial charge in [-0.15, -0.1) is 0 Å². The molecule has 0 atom stereocenters. The minimum atomic E-state index is 0.242. The minimum Gasteiger partial charge on any atom is -0.456 e. The van der Waals surface area contributed by atoms with Crippen LogP contribution in [0.2, 0.25) is 5.02 Å². The molecule has 0 heterocycles. The maximum absolute atomic E-state index is 9.06. The van der Waals surface area contributed by atoms with E-state index in [4.69, 9.17) is 26.9 Å². The van der Waals surface area contributed by atoms with Gasteiger partial charge in [0.05, 0.1) is 16.1 Å². The molecule has 0 bridgehead atoms. The summed E-state index contributed by atoms with van der Waals surface area (Å²) >= 11 is 6.11. The van der Waals surface area contributed by atoms with Crippen molar-refractivity contribution in [3.05, 3.63) is 57.1 Å². The lowest BCUT2D eigenvalue weighted by Crippen LogP contribution is -1.93. The Morgan fingerprint density at radius 1 is 0.905 bits per heavy atom. The lowest BCUT2D eigenvalue weighted by molar-refractivity contribution is 0.481. The van der Waals surface area contributed by atoms with Gasteiger partial charge in [0, 0.05) is 6.07 Å². The topological polar surface area (TPSA) is 56.8 Å². The van der Waals surface area contributed by atoms with Crippen LogP contribution in [0.3, 0.4) is 0 Å². The van der Waals surface area contributed by atoms with Gasteiger partial charge in [0.1, 0.15) is 23.6 Å². The predicted molar refractivity (Wildman–Crippen MR) is 81.6 cm³/mol. The van der Waals surface area contributed by atoms with Gasteiger partial charge in [-0.2, -0.15) is 10.5 Å². The summed E-state index contributed by atoms with van der Waals surface area (Å²) in [6.07, 6.45) is 0. The Kier molecular flexibility index (Phi) is 4.17. The second kappa shape index (κ2) is 5.87. The molecule has 2 aromatic carbocycles. The van der Waals surface area contributed by atoms with E-state index in [9.17, 15) is 0 Å². The summed E-state index contributed by atoms with van der Waals surface area (Å²) in [5.41, 5.74) is 3.94. The Labute approximate surface area is 129 Å². The van der Waals surface area contributed by atoms with Gasteiger partial charge in [-0.05, 0) is 55.7 Å². The Balaban J connectivity index is 2.46. The van der Waals surface area contributed by atoms with Crippen molar-refractivity contribution in [2.75, 3.05) is 0 Å². The van der Waals surface area contributed by atoms with Gasteiger partial charge in [-0.1, -0.05) is 11.6 Å². The van der Waals surface area contributed by atoms with Gasteiger partial charge in [-0.25, -0.2) is 0 Å². The Morgan fingerprint density at radius 2 is 1.43 bits per heavy atom. The van der Waals surface area contributed by atoms with Gasteiger partial charge in [0.2, 0.25) is 0 Å². The molecule has 0 aliphatic rings. The first kappa shape index (κ1) is 14.9. The molecule has 0 amide bonds. The van der Waals surface area contributed by atoms with E-state index < -0.39 is 0 Å². The van der Waals surface area contributed by atoms with Crippen LogP contribution in [0, 0.1) is 43.4 Å². The molecule has 2 aromatic rings. The van der Waals surface area contributed by atoms with Gasteiger partial charge in [-0.3, -0.25) is 0 Å². The van der Waals surface area contributed by atoms with Crippen LogP contribution in [0.15, 0.2) is 24.3 Å². The normalized spacial score (nSPS) is 9.81. The molecule has 4 heteroatoms. The molecular weight excluding hydrogens is 284 g/mol. The number of ether oxygens (including phenoxy) is 1. The highest BCUT2D eigenvalue weighted by atomic mass is 35.5. The van der Waals surface area contributed by atoms with Crippen molar-refractivity contribution in [3.8, 4) is 23.6 Å². The number of benzene rings is 2. The third-order valence-corrected chi connectivity index (χ3v) is 3.74. The van der Waals surface area contributed by atoms with E-state index in [1.54, 1.807) is 0 Å². The van der Waals surface area contributed by atoms with E-state index >= 15 is 0 Å². The van der Waals surface area contributed by atoms with Crippen molar-refractivity contribution < 1.29 is 4.74 Å². The molecule has 0 saturated heterocycles. The van der Waals surface area contributed by atoms with Crippen molar-refractivity contribution in [3.63, 3.8) is 0 Å². The lowest BCUT2D eigenvalue weighted by atomic mass is 10.0. The molecule has 0 N–H and O–H groups in total. The van der Waals surface area contributed by atoms with E-state index in [1.165, 1.54) is 17.7 Å². The van der Waals surface area contributed by atoms with Crippen LogP contribution in [0.25, 0.3) is 0 Å². The summed E-state index contributed by atoms with van der Waals surface area (Å²) in [7, 11) is 0. The average Bonchev–Trinajstić information content (AvgIpc) is 2.46. The third-order valence-electron chi connectivity index (χ3n) is 3.44. The van der Waals surface area contributed by atoms with E-state index in [1.807, 2.05) is 38.1 Å². The van der Waals surface area contributed by atoms with Gasteiger partial charge < -0.3 is 4.74 Å². The Morgan fingerprint density at radius 3 is 1.95 bits per heavy atom. The van der Waals surface area contributed by atoms with Crippen LogP contribution in [0.5, 0.6) is 11.5 Å². The standard InChI is InChI=1S/C17H13ClN2O/c1-10-4-15(5-11(2)12(10)3)21-17-7-14(9-20)13(8-19)6-16(17)18/h4-7H,1-3H3. The second-order valence-electron chi connectivity index (χ2n) is 4.84. The molecule has 3 nitrogen and oxygen atoms in total. The van der Waals surface area contributed by atoms with Crippen molar-refractivity contribution in [1.82, 2.24) is 0 Å². The predicted octanol–water partition coefficient (Wildman–Crippen LogP) is 4.80. The van der Waals surface area contributed by atoms with Gasteiger partial charge >= 0.3 is 0 Å². The van der Waals surface area contributed by atoms with Crippen LogP contribution in [0.1, 0.15) is 27.8 Å². The zero-order valence-corrected chi connectivity index (χ0v) is 12.7. The highest BCUT2D eigenvalue weighted by molar-refractivity contribution is 6.32. The molecule has 0 spiro atoms. The second-order valence-corrected chi connectivity index (χ2v) is 5.24. The summed E-state index contributed by atoms with van der Waals surface area (Å²) < 4.78 is 5.78. The third kappa shape index (κ3) is 2.99. The molecule has 0 unspecified atom stereocenters. The Bertz CT molecular complexity index is 775. The van der Waals surface area contributed by atoms with E-state index in [-0.39, 0.29) is 11.1 Å². The number of rotatable bonds is 2. The number of hydrogen-bond donors (Lipinski definition) is 0. The van der Waals surface area contributed by atoms with Gasteiger partial charge in [0.25, 0.3) is 0 Å². The minimum absolute atomic E-state index is 0.242. The molecule has 0 aromatic heterocycles. The number of aryl methyl sites for hydroxylation is 2. The fourth-order valence-corrected chi connectivity index (χ4v) is 2.20. The van der Waals surface area contributed by atoms with Crippen molar-refractivity contribution in [2.24, 2.45) is 0 Å². The average molecular weight is 297 g/mol. The summed E-state index contributed by atoms with van der Waals surface area (Å²) in [6, 6.07) is 10.7. The molecule has 0 fully saturated rings. The summed E-state index contributed by atoms with van der Waals surface area (Å²) in [5.74, 6) is 1.03. The molecule has 104 valence electrons. The van der Waals surface area contributed by atoms with Crippen molar-refractivity contribution in [1.29, 1.82) is 10.5 Å².